The second-order valence-corrected chi connectivity index (χ2v) is 8.69. The van der Waals surface area contributed by atoms with Crippen LogP contribution in [0.2, 0.25) is 5.02 Å². The minimum atomic E-state index is -0.924. The van der Waals surface area contributed by atoms with Crippen molar-refractivity contribution in [1.82, 2.24) is 4.98 Å². The molecule has 0 saturated heterocycles. The van der Waals surface area contributed by atoms with E-state index >= 15 is 0 Å². The average Bonchev–Trinajstić information content (AvgIpc) is 2.79. The third-order valence-electron chi connectivity index (χ3n) is 5.12. The molecular weight excluding hydrogens is 461 g/mol. The molecule has 3 aromatic rings. The van der Waals surface area contributed by atoms with Gasteiger partial charge in [0.2, 0.25) is 0 Å². The third kappa shape index (κ3) is 4.77. The highest BCUT2D eigenvalue weighted by Gasteiger charge is 2.30. The van der Waals surface area contributed by atoms with Crippen LogP contribution >= 0.6 is 23.4 Å². The van der Waals surface area contributed by atoms with Crippen LogP contribution in [0.5, 0.6) is 0 Å². The van der Waals surface area contributed by atoms with Gasteiger partial charge in [0, 0.05) is 18.8 Å². The van der Waals surface area contributed by atoms with Crippen LogP contribution in [0, 0.1) is 11.3 Å². The quantitative estimate of drug-likeness (QED) is 0.487. The second-order valence-electron chi connectivity index (χ2n) is 7.80. The van der Waals surface area contributed by atoms with E-state index in [1.165, 1.54) is 27.8 Å². The molecule has 0 bridgehead atoms. The third-order valence-corrected chi connectivity index (χ3v) is 5.72. The number of carbonyl (C=O) groups is 2. The number of halogens is 2. The van der Waals surface area contributed by atoms with Crippen molar-refractivity contribution in [2.75, 3.05) is 16.4 Å². The number of benzene rings is 2. The van der Waals surface area contributed by atoms with Gasteiger partial charge in [-0.3, -0.25) is 23.9 Å². The molecule has 33 heavy (non-hydrogen) atoms. The van der Waals surface area contributed by atoms with Crippen molar-refractivity contribution < 1.29 is 9.59 Å². The first kappa shape index (κ1) is 24.1. The van der Waals surface area contributed by atoms with Crippen molar-refractivity contribution in [3.63, 3.8) is 0 Å². The fourth-order valence-corrected chi connectivity index (χ4v) is 3.85. The summed E-state index contributed by atoms with van der Waals surface area (Å²) in [6.07, 6.45) is 3.00. The van der Waals surface area contributed by atoms with Crippen LogP contribution in [0.4, 0.5) is 17.1 Å². The van der Waals surface area contributed by atoms with Crippen LogP contribution in [-0.2, 0) is 5.41 Å². The Morgan fingerprint density at radius 2 is 1.70 bits per heavy atom. The Labute approximate surface area is 202 Å². The molecule has 2 amide bonds. The van der Waals surface area contributed by atoms with E-state index in [9.17, 15) is 14.9 Å². The number of para-hydroxylation sites is 1. The Balaban J connectivity index is 2.28. The minimum absolute atomic E-state index is 0.139. The first-order chi connectivity index (χ1) is 15.6. The monoisotopic (exact) mass is 481 g/mol. The fraction of sp³-hybridized carbons (Fsp3) is 0.167. The van der Waals surface area contributed by atoms with Crippen LogP contribution < -0.4 is 15.1 Å². The summed E-state index contributed by atoms with van der Waals surface area (Å²) in [6.45, 7) is 3.43. The lowest BCUT2D eigenvalue weighted by atomic mass is 9.85. The molecule has 2 N–H and O–H groups in total. The molecule has 7 nitrogen and oxygen atoms in total. The summed E-state index contributed by atoms with van der Waals surface area (Å²) in [6, 6.07) is 15.2. The number of nitriles is 1. The zero-order chi connectivity index (χ0) is 24.3. The standard InChI is InChI=1S/C24H21Cl2N5O2/c1-24(2,14-27)19-9-6-8-18(21(19)25)23(33)31(16-11-15(30(3)26)12-29-13-16)20-10-5-4-7-17(20)22(28)32/h4-13H,1-3H3,(H2,28,32). The largest absolute Gasteiger partial charge is 0.366 e. The molecular formula is C24H21Cl2N5O2. The lowest BCUT2D eigenvalue weighted by Gasteiger charge is -2.27. The van der Waals surface area contributed by atoms with E-state index in [0.717, 1.165) is 0 Å². The highest BCUT2D eigenvalue weighted by atomic mass is 35.5. The number of carbonyl (C=O) groups excluding carboxylic acids is 2. The van der Waals surface area contributed by atoms with Crippen molar-refractivity contribution in [2.24, 2.45) is 5.73 Å². The molecule has 0 aliphatic rings. The van der Waals surface area contributed by atoms with Crippen molar-refractivity contribution in [3.8, 4) is 6.07 Å². The van der Waals surface area contributed by atoms with Crippen LogP contribution in [0.15, 0.2) is 60.9 Å². The SMILES string of the molecule is CN(Cl)c1cncc(N(C(=O)c2cccc(C(C)(C)C#N)c2Cl)c2ccccc2C(N)=O)c1. The number of hydrogen-bond acceptors (Lipinski definition) is 5. The molecule has 3 rings (SSSR count). The van der Waals surface area contributed by atoms with Crippen LogP contribution in [-0.4, -0.2) is 23.8 Å². The second kappa shape index (κ2) is 9.49. The Hall–Kier alpha value is -3.60. The molecule has 0 fully saturated rings. The van der Waals surface area contributed by atoms with Crippen molar-refractivity contribution in [2.45, 2.75) is 19.3 Å². The summed E-state index contributed by atoms with van der Waals surface area (Å²) in [5.41, 5.74) is 6.59. The van der Waals surface area contributed by atoms with Gasteiger partial charge >= 0.3 is 0 Å². The molecule has 0 radical (unpaired) electrons. The van der Waals surface area contributed by atoms with Gasteiger partial charge in [-0.15, -0.1) is 0 Å². The molecule has 9 heteroatoms. The molecule has 1 aromatic heterocycles. The number of hydrogen-bond donors (Lipinski definition) is 1. The summed E-state index contributed by atoms with van der Waals surface area (Å²) in [5, 5.41) is 9.71. The number of nitrogens with zero attached hydrogens (tertiary/aromatic N) is 4. The van der Waals surface area contributed by atoms with Gasteiger partial charge in [-0.25, -0.2) is 0 Å². The Morgan fingerprint density at radius 1 is 1.06 bits per heavy atom. The lowest BCUT2D eigenvalue weighted by molar-refractivity contribution is 0.0998. The molecule has 0 spiro atoms. The maximum absolute atomic E-state index is 13.9. The molecule has 2 aromatic carbocycles. The number of amides is 2. The van der Waals surface area contributed by atoms with Gasteiger partial charge in [0.15, 0.2) is 0 Å². The lowest BCUT2D eigenvalue weighted by Crippen LogP contribution is -2.30. The van der Waals surface area contributed by atoms with Gasteiger partial charge in [-0.05, 0) is 43.7 Å². The Morgan fingerprint density at radius 3 is 2.33 bits per heavy atom. The minimum Gasteiger partial charge on any atom is -0.366 e. The van der Waals surface area contributed by atoms with Crippen LogP contribution in [0.25, 0.3) is 0 Å². The number of nitrogens with two attached hydrogens (primary N) is 1. The number of anilines is 3. The summed E-state index contributed by atoms with van der Waals surface area (Å²) in [7, 11) is 1.62. The predicted molar refractivity (Wildman–Crippen MR) is 130 cm³/mol. The average molecular weight is 482 g/mol. The van der Waals surface area contributed by atoms with E-state index < -0.39 is 17.2 Å². The van der Waals surface area contributed by atoms with Gasteiger partial charge in [-0.2, -0.15) is 5.26 Å². The van der Waals surface area contributed by atoms with E-state index in [1.54, 1.807) is 63.4 Å². The molecule has 0 aliphatic heterocycles. The van der Waals surface area contributed by atoms with E-state index in [1.807, 2.05) is 0 Å². The maximum Gasteiger partial charge on any atom is 0.264 e. The molecule has 0 saturated carbocycles. The van der Waals surface area contributed by atoms with E-state index in [2.05, 4.69) is 11.1 Å². The normalized spacial score (nSPS) is 10.9. The van der Waals surface area contributed by atoms with Crippen molar-refractivity contribution in [1.29, 1.82) is 5.26 Å². The van der Waals surface area contributed by atoms with Gasteiger partial charge in [0.05, 0.1) is 57.1 Å². The molecule has 0 atom stereocenters. The fourth-order valence-electron chi connectivity index (χ4n) is 3.31. The van der Waals surface area contributed by atoms with Crippen LogP contribution in [0.1, 0.15) is 40.1 Å². The molecule has 1 heterocycles. The van der Waals surface area contributed by atoms with Crippen LogP contribution in [0.3, 0.4) is 0 Å². The van der Waals surface area contributed by atoms with Gasteiger partial charge < -0.3 is 5.73 Å². The van der Waals surface area contributed by atoms with Gasteiger partial charge in [-0.1, -0.05) is 35.9 Å². The molecule has 168 valence electrons. The van der Waals surface area contributed by atoms with E-state index in [-0.39, 0.29) is 21.8 Å². The first-order valence-electron chi connectivity index (χ1n) is 9.86. The summed E-state index contributed by atoms with van der Waals surface area (Å²) < 4.78 is 1.32. The van der Waals surface area contributed by atoms with Gasteiger partial charge in [0.25, 0.3) is 11.8 Å². The van der Waals surface area contributed by atoms with Crippen molar-refractivity contribution in [3.05, 3.63) is 82.6 Å². The number of pyridine rings is 1. The Bertz CT molecular complexity index is 1270. The first-order valence-corrected chi connectivity index (χ1v) is 10.6. The smallest absolute Gasteiger partial charge is 0.264 e. The predicted octanol–water partition coefficient (Wildman–Crippen LogP) is 5.20. The number of rotatable bonds is 6. The topological polar surface area (TPSA) is 103 Å². The zero-order valence-electron chi connectivity index (χ0n) is 18.2. The van der Waals surface area contributed by atoms with Crippen molar-refractivity contribution >= 4 is 52.3 Å². The summed E-state index contributed by atoms with van der Waals surface area (Å²) >= 11 is 12.7. The molecule has 0 unspecified atom stereocenters. The summed E-state index contributed by atoms with van der Waals surface area (Å²) in [4.78, 5) is 31.6. The highest BCUT2D eigenvalue weighted by molar-refractivity contribution is 6.36. The summed E-state index contributed by atoms with van der Waals surface area (Å²) in [5.74, 6) is -1.23. The van der Waals surface area contributed by atoms with E-state index in [0.29, 0.717) is 16.9 Å². The zero-order valence-corrected chi connectivity index (χ0v) is 19.7. The highest BCUT2D eigenvalue weighted by Crippen LogP contribution is 2.36. The molecule has 0 aliphatic carbocycles. The number of primary amides is 1. The van der Waals surface area contributed by atoms with E-state index in [4.69, 9.17) is 29.1 Å². The Kier molecular flexibility index (Phi) is 6.92. The number of aromatic nitrogens is 1. The maximum atomic E-state index is 13.9. The van der Waals surface area contributed by atoms with Gasteiger partial charge in [0.1, 0.15) is 0 Å².